The molecule has 0 saturated heterocycles. The number of amides is 2. The van der Waals surface area contributed by atoms with Gasteiger partial charge in [0, 0.05) is 30.2 Å². The van der Waals surface area contributed by atoms with E-state index in [1.807, 2.05) is 6.07 Å². The number of anilines is 1. The van der Waals surface area contributed by atoms with Gasteiger partial charge in [-0.2, -0.15) is 5.26 Å². The maximum atomic E-state index is 14.2. The number of rotatable bonds is 6. The summed E-state index contributed by atoms with van der Waals surface area (Å²) in [5.74, 6) is -2.17. The maximum absolute atomic E-state index is 14.2. The van der Waals surface area contributed by atoms with Crippen LogP contribution in [0.15, 0.2) is 59.1 Å². The number of nitrogens with one attached hydrogen (secondary N) is 2. The molecule has 2 amide bonds. The van der Waals surface area contributed by atoms with Gasteiger partial charge in [-0.15, -0.1) is 0 Å². The van der Waals surface area contributed by atoms with Crippen molar-refractivity contribution >= 4 is 35.0 Å². The van der Waals surface area contributed by atoms with Gasteiger partial charge in [0.2, 0.25) is 11.8 Å². The van der Waals surface area contributed by atoms with Crippen molar-refractivity contribution in [3.05, 3.63) is 80.6 Å². The second kappa shape index (κ2) is 9.19. The zero-order chi connectivity index (χ0) is 21.7. The molecule has 0 aliphatic carbocycles. The number of carbonyl (C=O) groups is 2. The summed E-state index contributed by atoms with van der Waals surface area (Å²) in [4.78, 5) is 34.4. The number of carbonyl (C=O) groups excluding carboxylic acids is 2. The first-order valence-electron chi connectivity index (χ1n) is 8.74. The van der Waals surface area contributed by atoms with Gasteiger partial charge in [0.25, 0.3) is 5.69 Å². The molecule has 0 fully saturated rings. The highest BCUT2D eigenvalue weighted by atomic mass is 32.2. The molecule has 1 aliphatic heterocycles. The highest BCUT2D eigenvalue weighted by Crippen LogP contribution is 2.36. The lowest BCUT2D eigenvalue weighted by Gasteiger charge is -2.25. The van der Waals surface area contributed by atoms with Crippen molar-refractivity contribution in [2.24, 2.45) is 0 Å². The van der Waals surface area contributed by atoms with Gasteiger partial charge in [0.15, 0.2) is 0 Å². The first-order valence-corrected chi connectivity index (χ1v) is 9.73. The van der Waals surface area contributed by atoms with Crippen LogP contribution in [0.1, 0.15) is 17.9 Å². The van der Waals surface area contributed by atoms with Crippen molar-refractivity contribution in [2.75, 3.05) is 11.1 Å². The Kier molecular flexibility index (Phi) is 6.44. The third-order valence-corrected chi connectivity index (χ3v) is 5.36. The fourth-order valence-corrected chi connectivity index (χ4v) is 3.83. The summed E-state index contributed by atoms with van der Waals surface area (Å²) < 4.78 is 14.2. The predicted molar refractivity (Wildman–Crippen MR) is 109 cm³/mol. The number of hydrogen-bond donors (Lipinski definition) is 2. The molecule has 0 saturated carbocycles. The Labute approximate surface area is 174 Å². The minimum atomic E-state index is -0.731. The van der Waals surface area contributed by atoms with Gasteiger partial charge < -0.3 is 10.6 Å². The molecule has 2 aromatic rings. The quantitative estimate of drug-likeness (QED) is 0.538. The normalized spacial score (nSPS) is 15.9. The van der Waals surface area contributed by atoms with Crippen LogP contribution in [0.4, 0.5) is 15.8 Å². The lowest BCUT2D eigenvalue weighted by atomic mass is 9.87. The molecular formula is C20H15FN4O4S. The Hall–Kier alpha value is -3.71. The summed E-state index contributed by atoms with van der Waals surface area (Å²) in [6.07, 6.45) is -0.0666. The average molecular weight is 426 g/mol. The molecule has 0 aromatic heterocycles. The number of hydrogen-bond acceptors (Lipinski definition) is 6. The van der Waals surface area contributed by atoms with Crippen LogP contribution in [0.5, 0.6) is 0 Å². The largest absolute Gasteiger partial charge is 0.325 e. The molecule has 2 N–H and O–H groups in total. The number of non-ortho nitro benzene ring substituents is 1. The van der Waals surface area contributed by atoms with E-state index < -0.39 is 22.6 Å². The number of halogens is 1. The number of nitro benzene ring substituents is 1. The van der Waals surface area contributed by atoms with Gasteiger partial charge in [0.1, 0.15) is 5.82 Å². The van der Waals surface area contributed by atoms with Gasteiger partial charge in [-0.25, -0.2) is 4.39 Å². The van der Waals surface area contributed by atoms with Crippen LogP contribution >= 0.6 is 11.8 Å². The summed E-state index contributed by atoms with van der Waals surface area (Å²) in [5, 5.41) is 25.6. The zero-order valence-corrected chi connectivity index (χ0v) is 16.2. The fraction of sp³-hybridized carbons (Fsp3) is 0.150. The van der Waals surface area contributed by atoms with E-state index in [2.05, 4.69) is 10.6 Å². The third kappa shape index (κ3) is 4.82. The number of nitro groups is 1. The smallest absolute Gasteiger partial charge is 0.269 e. The standard InChI is InChI=1S/C20H15FN4O4S/c21-17-4-2-1-3-14(17)15-9-18(26)24-20(16(15)10-22)30-11-19(27)23-12-5-7-13(8-6-12)25(28)29/h1-8,15H,9,11H2,(H,23,27)(H,24,26)/t15-/m0/s1. The Morgan fingerprint density at radius 1 is 1.30 bits per heavy atom. The second-order valence-electron chi connectivity index (χ2n) is 6.32. The van der Waals surface area contributed by atoms with E-state index in [4.69, 9.17) is 0 Å². The molecule has 1 aliphatic rings. The van der Waals surface area contributed by atoms with E-state index >= 15 is 0 Å². The number of allylic oxidation sites excluding steroid dienone is 1. The highest BCUT2D eigenvalue weighted by Gasteiger charge is 2.31. The summed E-state index contributed by atoms with van der Waals surface area (Å²) in [7, 11) is 0. The molecule has 0 radical (unpaired) electrons. The molecule has 3 rings (SSSR count). The molecule has 1 atom stereocenters. The van der Waals surface area contributed by atoms with E-state index in [0.29, 0.717) is 5.69 Å². The zero-order valence-electron chi connectivity index (χ0n) is 15.4. The Morgan fingerprint density at radius 3 is 2.63 bits per heavy atom. The van der Waals surface area contributed by atoms with Crippen molar-refractivity contribution in [3.63, 3.8) is 0 Å². The van der Waals surface area contributed by atoms with Crippen molar-refractivity contribution in [3.8, 4) is 6.07 Å². The lowest BCUT2D eigenvalue weighted by molar-refractivity contribution is -0.384. The molecule has 10 heteroatoms. The van der Waals surface area contributed by atoms with Crippen LogP contribution in [-0.4, -0.2) is 22.5 Å². The van der Waals surface area contributed by atoms with E-state index in [9.17, 15) is 29.4 Å². The monoisotopic (exact) mass is 426 g/mol. The van der Waals surface area contributed by atoms with Gasteiger partial charge >= 0.3 is 0 Å². The van der Waals surface area contributed by atoms with Crippen molar-refractivity contribution < 1.29 is 18.9 Å². The maximum Gasteiger partial charge on any atom is 0.269 e. The van der Waals surface area contributed by atoms with E-state index in [-0.39, 0.29) is 39.9 Å². The van der Waals surface area contributed by atoms with Crippen molar-refractivity contribution in [1.82, 2.24) is 5.32 Å². The van der Waals surface area contributed by atoms with Crippen LogP contribution < -0.4 is 10.6 Å². The van der Waals surface area contributed by atoms with Crippen LogP contribution in [0.2, 0.25) is 0 Å². The van der Waals surface area contributed by atoms with Gasteiger partial charge in [-0.3, -0.25) is 19.7 Å². The number of thioether (sulfide) groups is 1. The van der Waals surface area contributed by atoms with E-state index in [0.717, 1.165) is 11.8 Å². The second-order valence-corrected chi connectivity index (χ2v) is 7.31. The lowest BCUT2D eigenvalue weighted by Crippen LogP contribution is -2.31. The molecule has 2 aromatic carbocycles. The van der Waals surface area contributed by atoms with Crippen LogP contribution in [0, 0.1) is 27.3 Å². The Bertz CT molecular complexity index is 1080. The van der Waals surface area contributed by atoms with E-state index in [1.165, 1.54) is 42.5 Å². The average Bonchev–Trinajstić information content (AvgIpc) is 2.72. The molecule has 152 valence electrons. The van der Waals surface area contributed by atoms with Crippen molar-refractivity contribution in [2.45, 2.75) is 12.3 Å². The van der Waals surface area contributed by atoms with Crippen LogP contribution in [0.3, 0.4) is 0 Å². The first kappa shape index (κ1) is 21.0. The molecule has 0 unspecified atom stereocenters. The molecule has 0 bridgehead atoms. The summed E-state index contributed by atoms with van der Waals surface area (Å²) in [5.41, 5.74) is 0.707. The van der Waals surface area contributed by atoms with E-state index in [1.54, 1.807) is 6.07 Å². The Balaban J connectivity index is 1.73. The van der Waals surface area contributed by atoms with Gasteiger partial charge in [-0.05, 0) is 23.8 Å². The highest BCUT2D eigenvalue weighted by molar-refractivity contribution is 8.03. The Morgan fingerprint density at radius 2 is 2.00 bits per heavy atom. The summed E-state index contributed by atoms with van der Waals surface area (Å²) in [6.45, 7) is 0. The topological polar surface area (TPSA) is 125 Å². The molecule has 8 nitrogen and oxygen atoms in total. The molecule has 30 heavy (non-hydrogen) atoms. The van der Waals surface area contributed by atoms with Crippen molar-refractivity contribution in [1.29, 1.82) is 5.26 Å². The SMILES string of the molecule is N#CC1=C(SCC(=O)Nc2ccc([N+](=O)[O-])cc2)NC(=O)C[C@H]1c1ccccc1F. The van der Waals surface area contributed by atoms with Crippen LogP contribution in [-0.2, 0) is 9.59 Å². The summed E-state index contributed by atoms with van der Waals surface area (Å²) in [6, 6.07) is 13.3. The van der Waals surface area contributed by atoms with Gasteiger partial charge in [0.05, 0.1) is 27.3 Å². The predicted octanol–water partition coefficient (Wildman–Crippen LogP) is 3.44. The minimum Gasteiger partial charge on any atom is -0.325 e. The number of nitrogens with zero attached hydrogens (tertiary/aromatic N) is 2. The number of benzene rings is 2. The third-order valence-electron chi connectivity index (χ3n) is 4.35. The molecule has 0 spiro atoms. The fourth-order valence-electron chi connectivity index (χ4n) is 2.96. The summed E-state index contributed by atoms with van der Waals surface area (Å²) >= 11 is 0.956. The minimum absolute atomic E-state index is 0.0666. The van der Waals surface area contributed by atoms with Crippen LogP contribution in [0.25, 0.3) is 0 Å². The molecule has 1 heterocycles. The number of nitriles is 1. The first-order chi connectivity index (χ1) is 14.4. The molecular weight excluding hydrogens is 411 g/mol. The van der Waals surface area contributed by atoms with Gasteiger partial charge in [-0.1, -0.05) is 30.0 Å².